The zero-order valence-electron chi connectivity index (χ0n) is 5.34. The summed E-state index contributed by atoms with van der Waals surface area (Å²) >= 11 is 0. The van der Waals surface area contributed by atoms with Crippen LogP contribution in [0.2, 0.25) is 0 Å². The van der Waals surface area contributed by atoms with Crippen LogP contribution in [-0.2, 0) is 9.59 Å². The van der Waals surface area contributed by atoms with E-state index < -0.39 is 11.8 Å². The van der Waals surface area contributed by atoms with E-state index in [1.807, 2.05) is 0 Å². The van der Waals surface area contributed by atoms with Gasteiger partial charge >= 0.3 is 0 Å². The molecule has 2 N–H and O–H groups in total. The molecule has 0 aliphatic rings. The minimum atomic E-state index is -0.755. The molecule has 0 saturated heterocycles. The summed E-state index contributed by atoms with van der Waals surface area (Å²) in [6, 6.07) is 0. The van der Waals surface area contributed by atoms with Crippen LogP contribution in [0.25, 0.3) is 0 Å². The summed E-state index contributed by atoms with van der Waals surface area (Å²) in [5.74, 6) is -1.68. The SMILES string of the molecule is CC(=O)[C@H](C)C(=O)NO. The Labute approximate surface area is 52.8 Å². The van der Waals surface area contributed by atoms with Gasteiger partial charge in [-0.3, -0.25) is 14.8 Å². The molecule has 0 aromatic rings. The predicted octanol–water partition coefficient (Wildman–Crippen LogP) is -0.283. The number of hydrogen-bond donors (Lipinski definition) is 2. The van der Waals surface area contributed by atoms with E-state index in [2.05, 4.69) is 0 Å². The third-order valence-corrected chi connectivity index (χ3v) is 1.11. The molecule has 9 heavy (non-hydrogen) atoms. The first kappa shape index (κ1) is 8.10. The van der Waals surface area contributed by atoms with Crippen LogP contribution in [0.5, 0.6) is 0 Å². The van der Waals surface area contributed by atoms with Crippen molar-refractivity contribution in [1.82, 2.24) is 5.48 Å². The first-order chi connectivity index (χ1) is 4.09. The van der Waals surface area contributed by atoms with Gasteiger partial charge in [0.05, 0.1) is 5.92 Å². The minimum absolute atomic E-state index is 0.262. The van der Waals surface area contributed by atoms with Gasteiger partial charge in [0.1, 0.15) is 5.78 Å². The Bertz CT molecular complexity index is 132. The number of hydroxylamine groups is 1. The van der Waals surface area contributed by atoms with Crippen LogP contribution in [0.1, 0.15) is 13.8 Å². The zero-order valence-corrected chi connectivity index (χ0v) is 5.34. The fourth-order valence-electron chi connectivity index (χ4n) is 0.281. The Kier molecular flexibility index (Phi) is 2.87. The van der Waals surface area contributed by atoms with Crippen molar-refractivity contribution in [3.63, 3.8) is 0 Å². The summed E-state index contributed by atoms with van der Waals surface area (Å²) in [6.07, 6.45) is 0. The van der Waals surface area contributed by atoms with Gasteiger partial charge in [-0.2, -0.15) is 0 Å². The third-order valence-electron chi connectivity index (χ3n) is 1.11. The molecule has 0 aromatic heterocycles. The molecule has 4 nitrogen and oxygen atoms in total. The van der Waals surface area contributed by atoms with Crippen molar-refractivity contribution in [3.8, 4) is 0 Å². The second-order valence-electron chi connectivity index (χ2n) is 1.81. The smallest absolute Gasteiger partial charge is 0.253 e. The molecule has 52 valence electrons. The molecule has 0 heterocycles. The van der Waals surface area contributed by atoms with E-state index in [9.17, 15) is 9.59 Å². The average molecular weight is 131 g/mol. The van der Waals surface area contributed by atoms with Crippen LogP contribution in [0.4, 0.5) is 0 Å². The summed E-state index contributed by atoms with van der Waals surface area (Å²) in [7, 11) is 0. The largest absolute Gasteiger partial charge is 0.299 e. The lowest BCUT2D eigenvalue weighted by Gasteiger charge is -2.01. The van der Waals surface area contributed by atoms with E-state index in [0.29, 0.717) is 0 Å². The molecule has 0 saturated carbocycles. The highest BCUT2D eigenvalue weighted by molar-refractivity contribution is 5.99. The molecule has 0 fully saturated rings. The first-order valence-corrected chi connectivity index (χ1v) is 2.54. The summed E-state index contributed by atoms with van der Waals surface area (Å²) in [5, 5.41) is 8.00. The highest BCUT2D eigenvalue weighted by atomic mass is 16.5. The Balaban J connectivity index is 3.88. The van der Waals surface area contributed by atoms with Gasteiger partial charge in [0.2, 0.25) is 0 Å². The summed E-state index contributed by atoms with van der Waals surface area (Å²) in [5.41, 5.74) is 1.39. The fraction of sp³-hybridized carbons (Fsp3) is 0.600. The number of carbonyl (C=O) groups is 2. The summed E-state index contributed by atoms with van der Waals surface area (Å²) < 4.78 is 0. The normalized spacial score (nSPS) is 12.3. The van der Waals surface area contributed by atoms with Crippen LogP contribution < -0.4 is 5.48 Å². The van der Waals surface area contributed by atoms with Crippen molar-refractivity contribution in [2.75, 3.05) is 0 Å². The van der Waals surface area contributed by atoms with Crippen molar-refractivity contribution >= 4 is 11.7 Å². The quantitative estimate of drug-likeness (QED) is 0.307. The van der Waals surface area contributed by atoms with Crippen molar-refractivity contribution in [1.29, 1.82) is 0 Å². The molecule has 0 bridgehead atoms. The van der Waals surface area contributed by atoms with Gasteiger partial charge in [0.25, 0.3) is 5.91 Å². The predicted molar refractivity (Wildman–Crippen MR) is 29.8 cm³/mol. The van der Waals surface area contributed by atoms with Crippen molar-refractivity contribution in [3.05, 3.63) is 0 Å². The van der Waals surface area contributed by atoms with Gasteiger partial charge < -0.3 is 0 Å². The van der Waals surface area contributed by atoms with Crippen LogP contribution >= 0.6 is 0 Å². The number of hydrogen-bond acceptors (Lipinski definition) is 3. The van der Waals surface area contributed by atoms with Crippen LogP contribution in [0.3, 0.4) is 0 Å². The van der Waals surface area contributed by atoms with Gasteiger partial charge in [0, 0.05) is 0 Å². The highest BCUT2D eigenvalue weighted by Gasteiger charge is 2.15. The second kappa shape index (κ2) is 3.19. The summed E-state index contributed by atoms with van der Waals surface area (Å²) in [4.78, 5) is 20.7. The summed E-state index contributed by atoms with van der Waals surface area (Å²) in [6.45, 7) is 2.72. The van der Waals surface area contributed by atoms with E-state index >= 15 is 0 Å². The average Bonchev–Trinajstić information content (AvgIpc) is 1.84. The number of nitrogens with one attached hydrogen (secondary N) is 1. The molecule has 0 radical (unpaired) electrons. The van der Waals surface area contributed by atoms with E-state index in [4.69, 9.17) is 5.21 Å². The maximum atomic E-state index is 10.4. The molecule has 0 rings (SSSR count). The maximum absolute atomic E-state index is 10.4. The van der Waals surface area contributed by atoms with E-state index in [1.54, 1.807) is 0 Å². The van der Waals surface area contributed by atoms with Gasteiger partial charge in [-0.1, -0.05) is 0 Å². The minimum Gasteiger partial charge on any atom is -0.299 e. The molecule has 0 aliphatic carbocycles. The molecule has 1 atom stereocenters. The van der Waals surface area contributed by atoms with Gasteiger partial charge in [-0.05, 0) is 13.8 Å². The molecular formula is C5H9NO3. The highest BCUT2D eigenvalue weighted by Crippen LogP contribution is 1.93. The van der Waals surface area contributed by atoms with Gasteiger partial charge in [-0.25, -0.2) is 5.48 Å². The molecule has 1 amide bonds. The van der Waals surface area contributed by atoms with E-state index in [-0.39, 0.29) is 5.78 Å². The Morgan fingerprint density at radius 1 is 1.56 bits per heavy atom. The standard InChI is InChI=1S/C5H9NO3/c1-3(4(2)7)5(8)6-9/h3,9H,1-2H3,(H,6,8)/t3-/m0/s1. The number of ketones is 1. The maximum Gasteiger partial charge on any atom is 0.253 e. The van der Waals surface area contributed by atoms with E-state index in [0.717, 1.165) is 0 Å². The molecule has 0 spiro atoms. The van der Waals surface area contributed by atoms with Crippen molar-refractivity contribution in [2.45, 2.75) is 13.8 Å². The second-order valence-corrected chi connectivity index (χ2v) is 1.81. The van der Waals surface area contributed by atoms with Gasteiger partial charge in [0.15, 0.2) is 0 Å². The number of rotatable bonds is 2. The lowest BCUT2D eigenvalue weighted by atomic mass is 10.1. The van der Waals surface area contributed by atoms with Crippen LogP contribution in [-0.4, -0.2) is 16.9 Å². The molecule has 0 aliphatic heterocycles. The fourth-order valence-corrected chi connectivity index (χ4v) is 0.281. The number of amides is 1. The Morgan fingerprint density at radius 3 is 2.11 bits per heavy atom. The van der Waals surface area contributed by atoms with Crippen LogP contribution in [0, 0.1) is 5.92 Å². The topological polar surface area (TPSA) is 66.4 Å². The lowest BCUT2D eigenvalue weighted by Crippen LogP contribution is -2.29. The molecule has 0 unspecified atom stereocenters. The van der Waals surface area contributed by atoms with Crippen molar-refractivity contribution < 1.29 is 14.8 Å². The monoisotopic (exact) mass is 131 g/mol. The molecular weight excluding hydrogens is 122 g/mol. The molecule has 0 aromatic carbocycles. The van der Waals surface area contributed by atoms with Crippen LogP contribution in [0.15, 0.2) is 0 Å². The Morgan fingerprint density at radius 2 is 2.00 bits per heavy atom. The zero-order chi connectivity index (χ0) is 7.44. The molecule has 4 heteroatoms. The van der Waals surface area contributed by atoms with Gasteiger partial charge in [-0.15, -0.1) is 0 Å². The number of carbonyl (C=O) groups excluding carboxylic acids is 2. The first-order valence-electron chi connectivity index (χ1n) is 2.54. The lowest BCUT2D eigenvalue weighted by molar-refractivity contribution is -0.138. The number of Topliss-reactive ketones (excluding diaryl/α,β-unsaturated/α-hetero) is 1. The Hall–Kier alpha value is -0.900. The van der Waals surface area contributed by atoms with Crippen molar-refractivity contribution in [2.24, 2.45) is 5.92 Å². The third kappa shape index (κ3) is 2.23. The van der Waals surface area contributed by atoms with E-state index in [1.165, 1.54) is 19.3 Å².